The van der Waals surface area contributed by atoms with Gasteiger partial charge in [-0.1, -0.05) is 22.0 Å². The lowest BCUT2D eigenvalue weighted by Crippen LogP contribution is -1.97. The maximum absolute atomic E-state index is 13.5. The third-order valence-corrected chi connectivity index (χ3v) is 5.41. The summed E-state index contributed by atoms with van der Waals surface area (Å²) in [6.07, 6.45) is 0.491. The molecule has 1 aromatic carbocycles. The van der Waals surface area contributed by atoms with Gasteiger partial charge >= 0.3 is 0 Å². The molecule has 0 fully saturated rings. The quantitative estimate of drug-likeness (QED) is 0.618. The first kappa shape index (κ1) is 13.2. The normalized spacial score (nSPS) is 12.7. The first-order valence-electron chi connectivity index (χ1n) is 4.89. The first-order valence-corrected chi connectivity index (χ1v) is 7.47. The van der Waals surface area contributed by atoms with Crippen molar-refractivity contribution in [3.05, 3.63) is 56.2 Å². The summed E-state index contributed by atoms with van der Waals surface area (Å²) in [5.74, 6) is -1.04. The second-order valence-corrected chi connectivity index (χ2v) is 6.45. The third-order valence-electron chi connectivity index (χ3n) is 2.34. The van der Waals surface area contributed by atoms with Crippen LogP contribution in [0.2, 0.25) is 0 Å². The lowest BCUT2D eigenvalue weighted by Gasteiger charge is -2.09. The lowest BCUT2D eigenvalue weighted by molar-refractivity contribution is 0.571. The molecule has 0 radical (unpaired) electrons. The van der Waals surface area contributed by atoms with E-state index in [2.05, 4.69) is 31.9 Å². The van der Waals surface area contributed by atoms with E-state index in [1.165, 1.54) is 12.1 Å². The van der Waals surface area contributed by atoms with Crippen LogP contribution in [0.1, 0.15) is 15.3 Å². The first-order chi connectivity index (χ1) is 8.08. The van der Waals surface area contributed by atoms with Crippen LogP contribution >= 0.6 is 43.2 Å². The minimum Gasteiger partial charge on any atom is -0.207 e. The van der Waals surface area contributed by atoms with Crippen LogP contribution in [0.15, 0.2) is 34.1 Å². The standard InChI is InChI=1S/C12H8Br2F2S/c13-9-3-4-17-12(9)10(14)5-7-1-2-8(15)6-11(7)16/h1-4,6,10H,5H2. The van der Waals surface area contributed by atoms with E-state index in [0.717, 1.165) is 15.4 Å². The Morgan fingerprint density at radius 2 is 2.00 bits per heavy atom. The van der Waals surface area contributed by atoms with E-state index in [0.29, 0.717) is 12.0 Å². The van der Waals surface area contributed by atoms with Gasteiger partial charge in [-0.25, -0.2) is 8.78 Å². The minimum absolute atomic E-state index is 0.0248. The monoisotopic (exact) mass is 380 g/mol. The average molecular weight is 382 g/mol. The molecule has 1 atom stereocenters. The zero-order valence-electron chi connectivity index (χ0n) is 8.59. The summed E-state index contributed by atoms with van der Waals surface area (Å²) in [5.41, 5.74) is 0.508. The Morgan fingerprint density at radius 1 is 1.24 bits per heavy atom. The van der Waals surface area contributed by atoms with Gasteiger partial charge < -0.3 is 0 Å². The van der Waals surface area contributed by atoms with Gasteiger partial charge in [0.1, 0.15) is 11.6 Å². The maximum atomic E-state index is 13.5. The number of halogens is 4. The van der Waals surface area contributed by atoms with Crippen molar-refractivity contribution in [2.75, 3.05) is 0 Å². The molecule has 0 aliphatic rings. The van der Waals surface area contributed by atoms with Crippen LogP contribution < -0.4 is 0 Å². The molecule has 0 N–H and O–H groups in total. The van der Waals surface area contributed by atoms with Crippen molar-refractivity contribution in [3.63, 3.8) is 0 Å². The zero-order chi connectivity index (χ0) is 12.4. The number of hydrogen-bond donors (Lipinski definition) is 0. The van der Waals surface area contributed by atoms with E-state index < -0.39 is 11.6 Å². The van der Waals surface area contributed by atoms with E-state index in [4.69, 9.17) is 0 Å². The van der Waals surface area contributed by atoms with Crippen LogP contribution in [0.4, 0.5) is 8.78 Å². The van der Waals surface area contributed by atoms with Crippen molar-refractivity contribution in [2.45, 2.75) is 11.2 Å². The molecule has 1 unspecified atom stereocenters. The summed E-state index contributed by atoms with van der Waals surface area (Å²) in [6.45, 7) is 0. The second kappa shape index (κ2) is 5.59. The lowest BCUT2D eigenvalue weighted by atomic mass is 10.1. The molecule has 1 aromatic heterocycles. The Hall–Kier alpha value is -0.260. The van der Waals surface area contributed by atoms with Crippen molar-refractivity contribution in [2.24, 2.45) is 0 Å². The maximum Gasteiger partial charge on any atom is 0.129 e. The van der Waals surface area contributed by atoms with Gasteiger partial charge in [-0.2, -0.15) is 0 Å². The van der Waals surface area contributed by atoms with Crippen LogP contribution in [-0.4, -0.2) is 0 Å². The van der Waals surface area contributed by atoms with E-state index in [-0.39, 0.29) is 4.83 Å². The molecule has 2 rings (SSSR count). The van der Waals surface area contributed by atoms with E-state index in [9.17, 15) is 8.78 Å². The second-order valence-electron chi connectivity index (χ2n) is 3.54. The Kier molecular flexibility index (Phi) is 4.33. The van der Waals surface area contributed by atoms with Crippen LogP contribution in [-0.2, 0) is 6.42 Å². The Labute approximate surface area is 119 Å². The molecule has 90 valence electrons. The van der Waals surface area contributed by atoms with Crippen molar-refractivity contribution >= 4 is 43.2 Å². The molecule has 0 saturated heterocycles. The molecular formula is C12H8Br2F2S. The average Bonchev–Trinajstić information content (AvgIpc) is 2.68. The van der Waals surface area contributed by atoms with Gasteiger partial charge in [0.15, 0.2) is 0 Å². The molecule has 0 saturated carbocycles. The van der Waals surface area contributed by atoms with Gasteiger partial charge in [-0.15, -0.1) is 11.3 Å². The minimum atomic E-state index is -0.547. The molecule has 0 amide bonds. The highest BCUT2D eigenvalue weighted by Crippen LogP contribution is 2.36. The topological polar surface area (TPSA) is 0 Å². The Balaban J connectivity index is 2.19. The van der Waals surface area contributed by atoms with Crippen LogP contribution in [0.3, 0.4) is 0 Å². The van der Waals surface area contributed by atoms with Crippen molar-refractivity contribution in [1.82, 2.24) is 0 Å². The number of alkyl halides is 1. The van der Waals surface area contributed by atoms with Crippen LogP contribution in [0.25, 0.3) is 0 Å². The van der Waals surface area contributed by atoms with Gasteiger partial charge in [0, 0.05) is 15.4 Å². The molecule has 2 aromatic rings. The molecule has 0 spiro atoms. The SMILES string of the molecule is Fc1ccc(CC(Br)c2sccc2Br)c(F)c1. The Bertz CT molecular complexity index is 525. The van der Waals surface area contributed by atoms with E-state index in [1.807, 2.05) is 11.4 Å². The van der Waals surface area contributed by atoms with Gasteiger partial charge in [-0.3, -0.25) is 0 Å². The van der Waals surface area contributed by atoms with Crippen LogP contribution in [0, 0.1) is 11.6 Å². The highest BCUT2D eigenvalue weighted by Gasteiger charge is 2.15. The van der Waals surface area contributed by atoms with Crippen molar-refractivity contribution in [1.29, 1.82) is 0 Å². The van der Waals surface area contributed by atoms with Crippen molar-refractivity contribution < 1.29 is 8.78 Å². The number of hydrogen-bond acceptors (Lipinski definition) is 1. The summed E-state index contributed by atoms with van der Waals surface area (Å²) < 4.78 is 27.3. The molecule has 0 nitrogen and oxygen atoms in total. The fraction of sp³-hybridized carbons (Fsp3) is 0.167. The molecule has 1 heterocycles. The summed E-state index contributed by atoms with van der Waals surface area (Å²) in [4.78, 5) is 1.13. The highest BCUT2D eigenvalue weighted by atomic mass is 79.9. The number of benzene rings is 1. The van der Waals surface area contributed by atoms with E-state index >= 15 is 0 Å². The zero-order valence-corrected chi connectivity index (χ0v) is 12.6. The number of rotatable bonds is 3. The van der Waals surface area contributed by atoms with Gasteiger partial charge in [0.05, 0.1) is 4.83 Å². The largest absolute Gasteiger partial charge is 0.207 e. The Morgan fingerprint density at radius 3 is 2.59 bits per heavy atom. The molecule has 5 heteroatoms. The van der Waals surface area contributed by atoms with Crippen LogP contribution in [0.5, 0.6) is 0 Å². The van der Waals surface area contributed by atoms with Crippen molar-refractivity contribution in [3.8, 4) is 0 Å². The molecule has 0 aliphatic heterocycles. The summed E-state index contributed by atoms with van der Waals surface area (Å²) >= 11 is 8.56. The molecule has 17 heavy (non-hydrogen) atoms. The smallest absolute Gasteiger partial charge is 0.129 e. The van der Waals surface area contributed by atoms with Gasteiger partial charge in [-0.05, 0) is 45.4 Å². The summed E-state index contributed by atoms with van der Waals surface area (Å²) in [7, 11) is 0. The predicted molar refractivity (Wildman–Crippen MR) is 73.7 cm³/mol. The fourth-order valence-corrected chi connectivity index (χ4v) is 4.35. The fourth-order valence-electron chi connectivity index (χ4n) is 1.50. The third kappa shape index (κ3) is 3.14. The number of thiophene rings is 1. The highest BCUT2D eigenvalue weighted by molar-refractivity contribution is 9.11. The molecular weight excluding hydrogens is 374 g/mol. The van der Waals surface area contributed by atoms with Gasteiger partial charge in [0.2, 0.25) is 0 Å². The molecule has 0 bridgehead atoms. The predicted octanol–water partition coefficient (Wildman–Crippen LogP) is 5.47. The summed E-state index contributed by atoms with van der Waals surface area (Å²) in [6, 6.07) is 5.63. The summed E-state index contributed by atoms with van der Waals surface area (Å²) in [5, 5.41) is 1.97. The van der Waals surface area contributed by atoms with Gasteiger partial charge in [0.25, 0.3) is 0 Å². The molecule has 0 aliphatic carbocycles. The van der Waals surface area contributed by atoms with E-state index in [1.54, 1.807) is 11.3 Å².